The Labute approximate surface area is 116 Å². The molecule has 1 aliphatic rings. The molecule has 2 N–H and O–H groups in total. The lowest BCUT2D eigenvalue weighted by Gasteiger charge is -2.34. The van der Waals surface area contributed by atoms with Crippen molar-refractivity contribution in [1.29, 1.82) is 0 Å². The van der Waals surface area contributed by atoms with Crippen LogP contribution in [0.2, 0.25) is 0 Å². The van der Waals surface area contributed by atoms with E-state index in [4.69, 9.17) is 5.73 Å². The predicted octanol–water partition coefficient (Wildman–Crippen LogP) is 3.03. The fourth-order valence-corrected chi connectivity index (χ4v) is 2.84. The quantitative estimate of drug-likeness (QED) is 0.906. The molecule has 2 rings (SSSR count). The summed E-state index contributed by atoms with van der Waals surface area (Å²) in [4.78, 5) is 11.3. The van der Waals surface area contributed by atoms with E-state index in [1.165, 1.54) is 25.7 Å². The van der Waals surface area contributed by atoms with Gasteiger partial charge >= 0.3 is 0 Å². The summed E-state index contributed by atoms with van der Waals surface area (Å²) in [5.41, 5.74) is 5.90. The van der Waals surface area contributed by atoms with Crippen LogP contribution in [0.3, 0.4) is 0 Å². The molecule has 4 nitrogen and oxygen atoms in total. The van der Waals surface area contributed by atoms with Gasteiger partial charge in [0.1, 0.15) is 17.5 Å². The molecule has 0 unspecified atom stereocenters. The Kier molecular flexibility index (Phi) is 4.61. The second-order valence-electron chi connectivity index (χ2n) is 5.84. The number of aryl methyl sites for hydroxylation is 1. The lowest BCUT2D eigenvalue weighted by Crippen LogP contribution is -2.35. The number of nitrogens with zero attached hydrogens (tertiary/aromatic N) is 3. The molecular formula is C15H26N4. The molecule has 19 heavy (non-hydrogen) atoms. The smallest absolute Gasteiger partial charge is 0.134 e. The van der Waals surface area contributed by atoms with Crippen LogP contribution >= 0.6 is 0 Å². The molecule has 0 radical (unpaired) electrons. The first-order chi connectivity index (χ1) is 9.10. The Morgan fingerprint density at radius 2 is 1.95 bits per heavy atom. The summed E-state index contributed by atoms with van der Waals surface area (Å²) >= 11 is 0. The Morgan fingerprint density at radius 1 is 1.26 bits per heavy atom. The highest BCUT2D eigenvalue weighted by molar-refractivity contribution is 5.47. The monoisotopic (exact) mass is 262 g/mol. The topological polar surface area (TPSA) is 55.0 Å². The second-order valence-corrected chi connectivity index (χ2v) is 5.84. The molecule has 1 aromatic rings. The Morgan fingerprint density at radius 3 is 2.58 bits per heavy atom. The Balaban J connectivity index is 2.11. The molecule has 0 atom stereocenters. The maximum Gasteiger partial charge on any atom is 0.134 e. The van der Waals surface area contributed by atoms with Crippen LogP contribution in [0, 0.1) is 5.92 Å². The zero-order chi connectivity index (χ0) is 13.8. The summed E-state index contributed by atoms with van der Waals surface area (Å²) in [6.07, 6.45) is 7.09. The van der Waals surface area contributed by atoms with Crippen LogP contribution in [0.5, 0.6) is 0 Å². The first kappa shape index (κ1) is 14.1. The van der Waals surface area contributed by atoms with E-state index < -0.39 is 0 Å². The average molecular weight is 262 g/mol. The SMILES string of the molecule is CCCc1nc(N)cc(N(C)C2CCC(C)CC2)n1. The van der Waals surface area contributed by atoms with Gasteiger partial charge in [-0.1, -0.05) is 13.8 Å². The molecule has 0 amide bonds. The van der Waals surface area contributed by atoms with Gasteiger partial charge < -0.3 is 10.6 Å². The minimum absolute atomic E-state index is 0.587. The number of anilines is 2. The third-order valence-corrected chi connectivity index (χ3v) is 4.15. The van der Waals surface area contributed by atoms with Crippen molar-refractivity contribution in [1.82, 2.24) is 9.97 Å². The summed E-state index contributed by atoms with van der Waals surface area (Å²) < 4.78 is 0. The fourth-order valence-electron chi connectivity index (χ4n) is 2.84. The van der Waals surface area contributed by atoms with Gasteiger partial charge in [0.15, 0.2) is 0 Å². The van der Waals surface area contributed by atoms with Gasteiger partial charge in [0.05, 0.1) is 0 Å². The van der Waals surface area contributed by atoms with E-state index in [-0.39, 0.29) is 0 Å². The van der Waals surface area contributed by atoms with E-state index in [1.54, 1.807) is 0 Å². The lowest BCUT2D eigenvalue weighted by molar-refractivity contribution is 0.340. The summed E-state index contributed by atoms with van der Waals surface area (Å²) in [7, 11) is 2.14. The predicted molar refractivity (Wildman–Crippen MR) is 80.3 cm³/mol. The molecule has 1 saturated carbocycles. The highest BCUT2D eigenvalue weighted by Crippen LogP contribution is 2.29. The Bertz CT molecular complexity index is 411. The first-order valence-corrected chi connectivity index (χ1v) is 7.46. The average Bonchev–Trinajstić information content (AvgIpc) is 2.38. The lowest BCUT2D eigenvalue weighted by atomic mass is 9.87. The van der Waals surface area contributed by atoms with Gasteiger partial charge in [-0.3, -0.25) is 0 Å². The summed E-state index contributed by atoms with van der Waals surface area (Å²) in [5.74, 6) is 3.31. The van der Waals surface area contributed by atoms with Crippen LogP contribution in [0.15, 0.2) is 6.07 Å². The maximum absolute atomic E-state index is 5.90. The van der Waals surface area contributed by atoms with Crippen molar-refractivity contribution in [3.05, 3.63) is 11.9 Å². The van der Waals surface area contributed by atoms with Gasteiger partial charge in [0.2, 0.25) is 0 Å². The molecule has 1 aliphatic carbocycles. The van der Waals surface area contributed by atoms with E-state index in [9.17, 15) is 0 Å². The van der Waals surface area contributed by atoms with Crippen molar-refractivity contribution < 1.29 is 0 Å². The summed E-state index contributed by atoms with van der Waals surface area (Å²) in [6, 6.07) is 2.50. The number of nitrogen functional groups attached to an aromatic ring is 1. The van der Waals surface area contributed by atoms with Crippen molar-refractivity contribution in [2.75, 3.05) is 17.7 Å². The van der Waals surface area contributed by atoms with Crippen molar-refractivity contribution in [2.24, 2.45) is 5.92 Å². The number of nitrogens with two attached hydrogens (primary N) is 1. The number of aromatic nitrogens is 2. The fraction of sp³-hybridized carbons (Fsp3) is 0.733. The third-order valence-electron chi connectivity index (χ3n) is 4.15. The minimum Gasteiger partial charge on any atom is -0.384 e. The van der Waals surface area contributed by atoms with Crippen LogP contribution in [0.4, 0.5) is 11.6 Å². The van der Waals surface area contributed by atoms with Gasteiger partial charge in [-0.2, -0.15) is 0 Å². The van der Waals surface area contributed by atoms with Crippen molar-refractivity contribution in [2.45, 2.75) is 58.4 Å². The van der Waals surface area contributed by atoms with Gasteiger partial charge in [-0.05, 0) is 38.0 Å². The molecule has 106 valence electrons. The molecule has 0 bridgehead atoms. The molecule has 1 fully saturated rings. The zero-order valence-corrected chi connectivity index (χ0v) is 12.4. The van der Waals surface area contributed by atoms with E-state index in [2.05, 4.69) is 35.8 Å². The number of rotatable bonds is 4. The van der Waals surface area contributed by atoms with Crippen molar-refractivity contribution >= 4 is 11.6 Å². The molecular weight excluding hydrogens is 236 g/mol. The van der Waals surface area contributed by atoms with Crippen LogP contribution in [0.25, 0.3) is 0 Å². The largest absolute Gasteiger partial charge is 0.384 e. The number of hydrogen-bond acceptors (Lipinski definition) is 4. The van der Waals surface area contributed by atoms with Gasteiger partial charge in [0.25, 0.3) is 0 Å². The molecule has 0 spiro atoms. The third kappa shape index (κ3) is 3.58. The van der Waals surface area contributed by atoms with Crippen molar-refractivity contribution in [3.63, 3.8) is 0 Å². The van der Waals surface area contributed by atoms with Crippen LogP contribution < -0.4 is 10.6 Å². The first-order valence-electron chi connectivity index (χ1n) is 7.46. The Hall–Kier alpha value is -1.32. The summed E-state index contributed by atoms with van der Waals surface area (Å²) in [5, 5.41) is 0. The minimum atomic E-state index is 0.587. The van der Waals surface area contributed by atoms with Gasteiger partial charge in [0, 0.05) is 25.6 Å². The van der Waals surface area contributed by atoms with Crippen molar-refractivity contribution in [3.8, 4) is 0 Å². The standard InChI is InChI=1S/C15H26N4/c1-4-5-14-17-13(16)10-15(18-14)19(3)12-8-6-11(2)7-9-12/h10-12H,4-9H2,1-3H3,(H2,16,17,18). The molecule has 0 aromatic carbocycles. The normalized spacial score (nSPS) is 23.3. The second kappa shape index (κ2) is 6.22. The summed E-state index contributed by atoms with van der Waals surface area (Å²) in [6.45, 7) is 4.48. The van der Waals surface area contributed by atoms with E-state index >= 15 is 0 Å². The van der Waals surface area contributed by atoms with Crippen LogP contribution in [0.1, 0.15) is 51.8 Å². The van der Waals surface area contributed by atoms with E-state index in [0.717, 1.165) is 30.4 Å². The van der Waals surface area contributed by atoms with Gasteiger partial charge in [-0.25, -0.2) is 9.97 Å². The van der Waals surface area contributed by atoms with E-state index in [0.29, 0.717) is 11.9 Å². The van der Waals surface area contributed by atoms with Crippen LogP contribution in [-0.4, -0.2) is 23.1 Å². The maximum atomic E-state index is 5.90. The zero-order valence-electron chi connectivity index (χ0n) is 12.4. The molecule has 0 saturated heterocycles. The van der Waals surface area contributed by atoms with E-state index in [1.807, 2.05) is 6.07 Å². The molecule has 1 heterocycles. The van der Waals surface area contributed by atoms with Crippen LogP contribution in [-0.2, 0) is 6.42 Å². The highest BCUT2D eigenvalue weighted by atomic mass is 15.2. The highest BCUT2D eigenvalue weighted by Gasteiger charge is 2.23. The number of hydrogen-bond donors (Lipinski definition) is 1. The van der Waals surface area contributed by atoms with Gasteiger partial charge in [-0.15, -0.1) is 0 Å². The molecule has 0 aliphatic heterocycles. The molecule has 1 aromatic heterocycles. The molecule has 4 heteroatoms.